The van der Waals surface area contributed by atoms with E-state index in [0.29, 0.717) is 12.8 Å². The van der Waals surface area contributed by atoms with Gasteiger partial charge in [-0.25, -0.2) is 0 Å². The van der Waals surface area contributed by atoms with Gasteiger partial charge in [-0.15, -0.1) is 11.3 Å². The monoisotopic (exact) mass is 369 g/mol. The van der Waals surface area contributed by atoms with Crippen LogP contribution in [0.2, 0.25) is 0 Å². The molecular formula is C20H23N3O2S. The summed E-state index contributed by atoms with van der Waals surface area (Å²) in [5.74, 6) is 0.404. The lowest BCUT2D eigenvalue weighted by Gasteiger charge is -2.37. The highest BCUT2D eigenvalue weighted by atomic mass is 32.1. The summed E-state index contributed by atoms with van der Waals surface area (Å²) >= 11 is 1.64. The molecule has 0 aliphatic carbocycles. The number of fused-ring (bicyclic) bond motifs is 1. The van der Waals surface area contributed by atoms with E-state index in [9.17, 15) is 9.59 Å². The molecule has 26 heavy (non-hydrogen) atoms. The first-order valence-electron chi connectivity index (χ1n) is 9.06. The Kier molecular flexibility index (Phi) is 4.68. The molecular weight excluding hydrogens is 346 g/mol. The number of hydrogen-bond acceptors (Lipinski definition) is 4. The van der Waals surface area contributed by atoms with Gasteiger partial charge in [-0.2, -0.15) is 0 Å². The van der Waals surface area contributed by atoms with Crippen LogP contribution in [0, 0.1) is 0 Å². The zero-order valence-corrected chi connectivity index (χ0v) is 15.8. The fourth-order valence-electron chi connectivity index (χ4n) is 3.73. The summed E-state index contributed by atoms with van der Waals surface area (Å²) in [4.78, 5) is 31.5. The van der Waals surface area contributed by atoms with Crippen molar-refractivity contribution in [1.29, 1.82) is 0 Å². The standard InChI is InChI=1S/C20H23N3O2S/c1-21-18-6-5-16(13-15(18)4-7-19(21)24)22-8-10-23(11-9-22)20(25)14-17-3-2-12-26-17/h2-3,5-6,12-13H,4,7-11,14H2,1H3. The van der Waals surface area contributed by atoms with Crippen molar-refractivity contribution in [3.05, 3.63) is 46.2 Å². The Hall–Kier alpha value is -2.34. The number of piperazine rings is 1. The van der Waals surface area contributed by atoms with Crippen molar-refractivity contribution >= 4 is 34.5 Å². The van der Waals surface area contributed by atoms with E-state index >= 15 is 0 Å². The first-order valence-corrected chi connectivity index (χ1v) is 9.94. The van der Waals surface area contributed by atoms with Crippen molar-refractivity contribution in [2.24, 2.45) is 0 Å². The average molecular weight is 369 g/mol. The van der Waals surface area contributed by atoms with Crippen LogP contribution in [0.5, 0.6) is 0 Å². The summed E-state index contributed by atoms with van der Waals surface area (Å²) in [6.07, 6.45) is 1.90. The highest BCUT2D eigenvalue weighted by Crippen LogP contribution is 2.31. The van der Waals surface area contributed by atoms with E-state index in [1.165, 1.54) is 11.3 Å². The normalized spacial score (nSPS) is 17.4. The second kappa shape index (κ2) is 7.11. The van der Waals surface area contributed by atoms with Crippen LogP contribution in [0.3, 0.4) is 0 Å². The highest BCUT2D eigenvalue weighted by molar-refractivity contribution is 7.10. The van der Waals surface area contributed by atoms with Gasteiger partial charge in [0.25, 0.3) is 0 Å². The molecule has 0 unspecified atom stereocenters. The SMILES string of the molecule is CN1C(=O)CCc2cc(N3CCN(C(=O)Cc4cccs4)CC3)ccc21. The minimum atomic E-state index is 0.183. The van der Waals surface area contributed by atoms with E-state index < -0.39 is 0 Å². The number of nitrogens with zero attached hydrogens (tertiary/aromatic N) is 3. The number of anilines is 2. The summed E-state index contributed by atoms with van der Waals surface area (Å²) in [6, 6.07) is 10.4. The minimum absolute atomic E-state index is 0.183. The van der Waals surface area contributed by atoms with Gasteiger partial charge in [0, 0.05) is 55.9 Å². The first kappa shape index (κ1) is 17.1. The minimum Gasteiger partial charge on any atom is -0.368 e. The van der Waals surface area contributed by atoms with Gasteiger partial charge in [-0.05, 0) is 41.6 Å². The molecule has 2 amide bonds. The van der Waals surface area contributed by atoms with Gasteiger partial charge < -0.3 is 14.7 Å². The van der Waals surface area contributed by atoms with Crippen LogP contribution in [0.25, 0.3) is 0 Å². The van der Waals surface area contributed by atoms with Gasteiger partial charge in [0.1, 0.15) is 0 Å². The van der Waals surface area contributed by atoms with Crippen LogP contribution < -0.4 is 9.80 Å². The third kappa shape index (κ3) is 3.33. The van der Waals surface area contributed by atoms with Crippen molar-refractivity contribution in [2.75, 3.05) is 43.0 Å². The number of carbonyl (C=O) groups excluding carboxylic acids is 2. The van der Waals surface area contributed by atoms with E-state index in [0.717, 1.165) is 43.2 Å². The number of carbonyl (C=O) groups is 2. The van der Waals surface area contributed by atoms with Gasteiger partial charge in [0.15, 0.2) is 0 Å². The lowest BCUT2D eigenvalue weighted by atomic mass is 10.0. The van der Waals surface area contributed by atoms with Crippen LogP contribution in [0.1, 0.15) is 16.9 Å². The van der Waals surface area contributed by atoms with Crippen LogP contribution in [0.15, 0.2) is 35.7 Å². The molecule has 0 saturated carbocycles. The number of aryl methyl sites for hydroxylation is 1. The maximum Gasteiger partial charge on any atom is 0.227 e. The van der Waals surface area contributed by atoms with Crippen molar-refractivity contribution < 1.29 is 9.59 Å². The third-order valence-electron chi connectivity index (χ3n) is 5.31. The number of hydrogen-bond donors (Lipinski definition) is 0. The molecule has 2 aliphatic rings. The molecule has 0 bridgehead atoms. The average Bonchev–Trinajstić information content (AvgIpc) is 3.17. The Morgan fingerprint density at radius 3 is 2.65 bits per heavy atom. The van der Waals surface area contributed by atoms with Crippen LogP contribution in [0.4, 0.5) is 11.4 Å². The molecule has 2 aromatic rings. The number of benzene rings is 1. The van der Waals surface area contributed by atoms with Gasteiger partial charge in [-0.3, -0.25) is 9.59 Å². The quantitative estimate of drug-likeness (QED) is 0.835. The molecule has 4 rings (SSSR count). The molecule has 0 atom stereocenters. The number of thiophene rings is 1. The smallest absolute Gasteiger partial charge is 0.227 e. The molecule has 0 N–H and O–H groups in total. The fourth-order valence-corrected chi connectivity index (χ4v) is 4.42. The maximum atomic E-state index is 12.4. The predicted octanol–water partition coefficient (Wildman–Crippen LogP) is 2.55. The molecule has 2 aliphatic heterocycles. The van der Waals surface area contributed by atoms with E-state index in [-0.39, 0.29) is 11.8 Å². The predicted molar refractivity (Wildman–Crippen MR) is 105 cm³/mol. The molecule has 136 valence electrons. The van der Waals surface area contributed by atoms with E-state index in [4.69, 9.17) is 0 Å². The Morgan fingerprint density at radius 2 is 1.92 bits per heavy atom. The molecule has 6 heteroatoms. The Bertz CT molecular complexity index is 810. The van der Waals surface area contributed by atoms with Crippen molar-refractivity contribution in [1.82, 2.24) is 4.90 Å². The summed E-state index contributed by atoms with van der Waals surface area (Å²) in [5.41, 5.74) is 3.45. The summed E-state index contributed by atoms with van der Waals surface area (Å²) < 4.78 is 0. The second-order valence-corrected chi connectivity index (χ2v) is 7.92. The Morgan fingerprint density at radius 1 is 1.12 bits per heavy atom. The number of amides is 2. The Labute approximate surface area is 157 Å². The maximum absolute atomic E-state index is 12.4. The molecule has 0 spiro atoms. The van der Waals surface area contributed by atoms with Gasteiger partial charge in [0.05, 0.1) is 6.42 Å². The van der Waals surface area contributed by atoms with Crippen LogP contribution in [-0.2, 0) is 22.4 Å². The van der Waals surface area contributed by atoms with Crippen molar-refractivity contribution in [3.63, 3.8) is 0 Å². The second-order valence-electron chi connectivity index (χ2n) is 6.89. The largest absolute Gasteiger partial charge is 0.368 e. The van der Waals surface area contributed by atoms with Crippen LogP contribution in [-0.4, -0.2) is 49.9 Å². The molecule has 5 nitrogen and oxygen atoms in total. The van der Waals surface area contributed by atoms with Crippen molar-refractivity contribution in [2.45, 2.75) is 19.3 Å². The van der Waals surface area contributed by atoms with E-state index in [2.05, 4.69) is 23.1 Å². The Balaban J connectivity index is 1.39. The van der Waals surface area contributed by atoms with Gasteiger partial charge >= 0.3 is 0 Å². The van der Waals surface area contributed by atoms with Crippen LogP contribution >= 0.6 is 11.3 Å². The number of rotatable bonds is 3. The molecule has 1 aromatic carbocycles. The molecule has 1 aromatic heterocycles. The molecule has 3 heterocycles. The topological polar surface area (TPSA) is 43.9 Å². The lowest BCUT2D eigenvalue weighted by Crippen LogP contribution is -2.49. The van der Waals surface area contributed by atoms with Gasteiger partial charge in [-0.1, -0.05) is 6.07 Å². The highest BCUT2D eigenvalue weighted by Gasteiger charge is 2.24. The molecule has 1 fully saturated rings. The molecule has 0 radical (unpaired) electrons. The summed E-state index contributed by atoms with van der Waals surface area (Å²) in [7, 11) is 1.85. The fraction of sp³-hybridized carbons (Fsp3) is 0.400. The third-order valence-corrected chi connectivity index (χ3v) is 6.19. The lowest BCUT2D eigenvalue weighted by molar-refractivity contribution is -0.130. The van der Waals surface area contributed by atoms with Crippen molar-refractivity contribution in [3.8, 4) is 0 Å². The van der Waals surface area contributed by atoms with E-state index in [1.807, 2.05) is 29.5 Å². The zero-order chi connectivity index (χ0) is 18.1. The molecule has 1 saturated heterocycles. The van der Waals surface area contributed by atoms with E-state index in [1.54, 1.807) is 16.2 Å². The summed E-state index contributed by atoms with van der Waals surface area (Å²) in [6.45, 7) is 3.23. The zero-order valence-electron chi connectivity index (χ0n) is 15.0. The van der Waals surface area contributed by atoms with Gasteiger partial charge in [0.2, 0.25) is 11.8 Å². The first-order chi connectivity index (χ1) is 12.6. The summed E-state index contributed by atoms with van der Waals surface area (Å²) in [5, 5.41) is 2.02.